The van der Waals surface area contributed by atoms with E-state index >= 15 is 0 Å². The van der Waals surface area contributed by atoms with Crippen molar-refractivity contribution in [2.45, 2.75) is 77.6 Å². The molecule has 1 fully saturated rings. The number of nitrogens with two attached hydrogens (primary N) is 1. The second kappa shape index (κ2) is 13.0. The summed E-state index contributed by atoms with van der Waals surface area (Å²) in [6, 6.07) is 0. The summed E-state index contributed by atoms with van der Waals surface area (Å²) < 4.78 is 0. The highest BCUT2D eigenvalue weighted by atomic mass is 14.5. The number of rotatable bonds is 8. The Balaban J connectivity index is 0.000000469. The highest BCUT2D eigenvalue weighted by Gasteiger charge is 1.95. The van der Waals surface area contributed by atoms with Crippen LogP contribution in [0.4, 0.5) is 0 Å². The molecule has 0 radical (unpaired) electrons. The first-order chi connectivity index (χ1) is 6.91. The van der Waals surface area contributed by atoms with Crippen LogP contribution in [0.3, 0.4) is 0 Å². The van der Waals surface area contributed by atoms with Gasteiger partial charge in [0.2, 0.25) is 0 Å². The minimum atomic E-state index is 0.870. The molecule has 0 aromatic rings. The predicted molar refractivity (Wildman–Crippen MR) is 65.5 cm³/mol. The summed E-state index contributed by atoms with van der Waals surface area (Å²) in [5.74, 6) is 0. The Morgan fingerprint density at radius 3 is 1.50 bits per heavy atom. The van der Waals surface area contributed by atoms with Gasteiger partial charge >= 0.3 is 0 Å². The van der Waals surface area contributed by atoms with Gasteiger partial charge in [-0.2, -0.15) is 0 Å². The van der Waals surface area contributed by atoms with E-state index in [1.807, 2.05) is 0 Å². The molecule has 2 N–H and O–H groups in total. The molecule has 0 amide bonds. The fraction of sp³-hybridized carbons (Fsp3) is 1.00. The Kier molecular flexibility index (Phi) is 12.9. The van der Waals surface area contributed by atoms with Gasteiger partial charge in [0.05, 0.1) is 0 Å². The molecule has 0 spiro atoms. The first kappa shape index (κ1) is 14.0. The monoisotopic (exact) mass is 199 g/mol. The third-order valence-corrected chi connectivity index (χ3v) is 2.41. The normalized spacial score (nSPS) is 13.3. The van der Waals surface area contributed by atoms with Gasteiger partial charge in [-0.05, 0) is 13.0 Å². The summed E-state index contributed by atoms with van der Waals surface area (Å²) in [6.07, 6.45) is 15.5. The van der Waals surface area contributed by atoms with Gasteiger partial charge in [-0.3, -0.25) is 0 Å². The van der Waals surface area contributed by atoms with Crippen LogP contribution < -0.4 is 5.73 Å². The van der Waals surface area contributed by atoms with Crippen LogP contribution in [0.25, 0.3) is 0 Å². The van der Waals surface area contributed by atoms with Crippen LogP contribution in [-0.2, 0) is 0 Å². The smallest absolute Gasteiger partial charge is 0.00773 e. The Bertz CT molecular complexity index is 78.5. The molecule has 1 rings (SSSR count). The molecular weight excluding hydrogens is 170 g/mol. The second-order valence-corrected chi connectivity index (χ2v) is 4.32. The number of unbranched alkanes of at least 4 members (excludes halogenated alkanes) is 7. The molecule has 0 aromatic carbocycles. The molecule has 0 atom stereocenters. The van der Waals surface area contributed by atoms with Crippen LogP contribution in [0.2, 0.25) is 0 Å². The topological polar surface area (TPSA) is 26.0 Å². The third kappa shape index (κ3) is 17.9. The lowest BCUT2D eigenvalue weighted by Crippen LogP contribution is -1.97. The summed E-state index contributed by atoms with van der Waals surface area (Å²) in [6.45, 7) is 3.13. The van der Waals surface area contributed by atoms with Gasteiger partial charge in [0.15, 0.2) is 0 Å². The van der Waals surface area contributed by atoms with Crippen molar-refractivity contribution in [3.63, 3.8) is 0 Å². The molecule has 1 aliphatic rings. The van der Waals surface area contributed by atoms with Crippen molar-refractivity contribution >= 4 is 0 Å². The van der Waals surface area contributed by atoms with Gasteiger partial charge in [-0.25, -0.2) is 0 Å². The maximum absolute atomic E-state index is 5.39. The molecule has 0 aliphatic heterocycles. The van der Waals surface area contributed by atoms with Gasteiger partial charge in [-0.1, -0.05) is 71.1 Å². The zero-order valence-electron chi connectivity index (χ0n) is 10.1. The van der Waals surface area contributed by atoms with Crippen LogP contribution in [0.5, 0.6) is 0 Å². The first-order valence-corrected chi connectivity index (χ1v) is 6.62. The molecule has 1 heteroatoms. The van der Waals surface area contributed by atoms with Gasteiger partial charge in [0.25, 0.3) is 0 Å². The molecule has 0 unspecified atom stereocenters. The Morgan fingerprint density at radius 1 is 0.714 bits per heavy atom. The highest BCUT2D eigenvalue weighted by molar-refractivity contribution is 4.50. The van der Waals surface area contributed by atoms with Crippen molar-refractivity contribution < 1.29 is 0 Å². The molecule has 1 nitrogen and oxygen atoms in total. The Hall–Kier alpha value is -0.0400. The zero-order valence-corrected chi connectivity index (χ0v) is 10.1. The first-order valence-electron chi connectivity index (χ1n) is 6.62. The van der Waals surface area contributed by atoms with Crippen LogP contribution in [-0.4, -0.2) is 6.54 Å². The summed E-state index contributed by atoms with van der Waals surface area (Å²) in [7, 11) is 0. The van der Waals surface area contributed by atoms with Gasteiger partial charge in [-0.15, -0.1) is 0 Å². The third-order valence-electron chi connectivity index (χ3n) is 2.41. The average molecular weight is 199 g/mol. The lowest BCUT2D eigenvalue weighted by molar-refractivity contribution is 0.578. The van der Waals surface area contributed by atoms with Crippen LogP contribution >= 0.6 is 0 Å². The molecule has 86 valence electrons. The average Bonchev–Trinajstić information content (AvgIpc) is 3.03. The van der Waals surface area contributed by atoms with Crippen molar-refractivity contribution in [1.82, 2.24) is 0 Å². The molecule has 0 bridgehead atoms. The summed E-state index contributed by atoms with van der Waals surface area (Å²) in [5, 5.41) is 0. The maximum Gasteiger partial charge on any atom is -0.00773 e. The number of hydrogen-bond acceptors (Lipinski definition) is 1. The molecule has 1 aliphatic carbocycles. The molecule has 0 aromatic heterocycles. The van der Waals surface area contributed by atoms with E-state index in [1.165, 1.54) is 70.6 Å². The quantitative estimate of drug-likeness (QED) is 0.581. The lowest BCUT2D eigenvalue weighted by Gasteiger charge is -1.99. The van der Waals surface area contributed by atoms with Crippen molar-refractivity contribution in [1.29, 1.82) is 0 Å². The zero-order chi connectivity index (χ0) is 10.5. The van der Waals surface area contributed by atoms with Crippen molar-refractivity contribution in [3.8, 4) is 0 Å². The molecule has 0 heterocycles. The van der Waals surface area contributed by atoms with E-state index in [-0.39, 0.29) is 0 Å². The molecule has 0 saturated heterocycles. The minimum absolute atomic E-state index is 0.870. The van der Waals surface area contributed by atoms with Crippen molar-refractivity contribution in [3.05, 3.63) is 0 Å². The van der Waals surface area contributed by atoms with E-state index in [2.05, 4.69) is 6.92 Å². The fourth-order valence-electron chi connectivity index (χ4n) is 1.28. The van der Waals surface area contributed by atoms with E-state index in [1.54, 1.807) is 0 Å². The van der Waals surface area contributed by atoms with Gasteiger partial charge < -0.3 is 5.73 Å². The standard InChI is InChI=1S/C10H23N.C3H6/c1-2-3-4-5-6-7-8-9-10-11;1-2-3-1/h2-11H2,1H3;1-3H2. The second-order valence-electron chi connectivity index (χ2n) is 4.32. The number of hydrogen-bond donors (Lipinski definition) is 1. The van der Waals surface area contributed by atoms with Crippen LogP contribution in [0, 0.1) is 0 Å². The van der Waals surface area contributed by atoms with Gasteiger partial charge in [0.1, 0.15) is 0 Å². The SMILES string of the molecule is C1CC1.CCCCCCCCCCN. The maximum atomic E-state index is 5.39. The Morgan fingerprint density at radius 2 is 1.14 bits per heavy atom. The summed E-state index contributed by atoms with van der Waals surface area (Å²) in [5.41, 5.74) is 5.39. The molecule has 1 saturated carbocycles. The molecular formula is C13H29N. The largest absolute Gasteiger partial charge is 0.330 e. The predicted octanol–water partition coefficient (Wildman–Crippen LogP) is 4.26. The van der Waals surface area contributed by atoms with Gasteiger partial charge in [0, 0.05) is 0 Å². The van der Waals surface area contributed by atoms with E-state index in [0.29, 0.717) is 0 Å². The van der Waals surface area contributed by atoms with E-state index in [4.69, 9.17) is 5.73 Å². The van der Waals surface area contributed by atoms with Crippen LogP contribution in [0.1, 0.15) is 77.6 Å². The van der Waals surface area contributed by atoms with Crippen LogP contribution in [0.15, 0.2) is 0 Å². The fourth-order valence-corrected chi connectivity index (χ4v) is 1.28. The van der Waals surface area contributed by atoms with E-state index < -0.39 is 0 Å². The van der Waals surface area contributed by atoms with E-state index in [9.17, 15) is 0 Å². The van der Waals surface area contributed by atoms with Crippen molar-refractivity contribution in [2.75, 3.05) is 6.54 Å². The Labute approximate surface area is 90.5 Å². The highest BCUT2D eigenvalue weighted by Crippen LogP contribution is 2.14. The molecule has 14 heavy (non-hydrogen) atoms. The summed E-state index contributed by atoms with van der Waals surface area (Å²) in [4.78, 5) is 0. The van der Waals surface area contributed by atoms with E-state index in [0.717, 1.165) is 6.54 Å². The minimum Gasteiger partial charge on any atom is -0.330 e. The van der Waals surface area contributed by atoms with Crippen molar-refractivity contribution in [2.24, 2.45) is 5.73 Å². The lowest BCUT2D eigenvalue weighted by atomic mass is 10.1. The summed E-state index contributed by atoms with van der Waals surface area (Å²) >= 11 is 0.